The number of halogens is 2. The zero-order valence-corrected chi connectivity index (χ0v) is 10.0. The lowest BCUT2D eigenvalue weighted by molar-refractivity contribution is 0.0256. The van der Waals surface area contributed by atoms with Gasteiger partial charge in [0.25, 0.3) is 5.92 Å². The summed E-state index contributed by atoms with van der Waals surface area (Å²) < 4.78 is 25.8. The zero-order valence-electron chi connectivity index (χ0n) is 10.0. The molecule has 0 amide bonds. The molecule has 0 aliphatic carbocycles. The van der Waals surface area contributed by atoms with Crippen LogP contribution in [0.15, 0.2) is 18.3 Å². The van der Waals surface area contributed by atoms with E-state index >= 15 is 0 Å². The lowest BCUT2D eigenvalue weighted by Crippen LogP contribution is -2.25. The normalized spacial score (nSPS) is 17.9. The molecule has 0 bridgehead atoms. The second-order valence-electron chi connectivity index (χ2n) is 3.72. The van der Waals surface area contributed by atoms with Crippen molar-refractivity contribution in [2.75, 3.05) is 18.0 Å². The van der Waals surface area contributed by atoms with E-state index in [9.17, 15) is 8.78 Å². The van der Waals surface area contributed by atoms with Gasteiger partial charge in [-0.25, -0.2) is 13.8 Å². The van der Waals surface area contributed by atoms with Gasteiger partial charge in [0.15, 0.2) is 0 Å². The number of rotatable bonds is 1. The van der Waals surface area contributed by atoms with Crippen molar-refractivity contribution >= 4 is 5.82 Å². The van der Waals surface area contributed by atoms with E-state index in [0.29, 0.717) is 12.4 Å². The zero-order chi connectivity index (χ0) is 12.2. The Morgan fingerprint density at radius 1 is 1.38 bits per heavy atom. The average molecular weight is 228 g/mol. The molecule has 0 spiro atoms. The Morgan fingerprint density at radius 2 is 2.06 bits per heavy atom. The Morgan fingerprint density at radius 3 is 2.56 bits per heavy atom. The van der Waals surface area contributed by atoms with E-state index < -0.39 is 5.92 Å². The van der Waals surface area contributed by atoms with E-state index in [-0.39, 0.29) is 13.0 Å². The summed E-state index contributed by atoms with van der Waals surface area (Å²) in [6, 6.07) is 3.69. The highest BCUT2D eigenvalue weighted by molar-refractivity contribution is 5.42. The van der Waals surface area contributed by atoms with Crippen LogP contribution in [0.4, 0.5) is 14.6 Å². The molecule has 90 valence electrons. The minimum Gasteiger partial charge on any atom is -0.350 e. The summed E-state index contributed by atoms with van der Waals surface area (Å²) in [6.07, 6.45) is 1.59. The second kappa shape index (κ2) is 5.23. The molecule has 0 aromatic carbocycles. The summed E-state index contributed by atoms with van der Waals surface area (Å²) in [4.78, 5) is 5.71. The first-order valence-electron chi connectivity index (χ1n) is 5.62. The minimum atomic E-state index is -2.55. The Kier molecular flexibility index (Phi) is 4.21. The topological polar surface area (TPSA) is 16.1 Å². The summed E-state index contributed by atoms with van der Waals surface area (Å²) in [5.74, 6) is -1.90. The van der Waals surface area contributed by atoms with Gasteiger partial charge >= 0.3 is 0 Å². The molecule has 1 aliphatic heterocycles. The highest BCUT2D eigenvalue weighted by atomic mass is 19.3. The third-order valence-electron chi connectivity index (χ3n) is 2.39. The molecular weight excluding hydrogens is 210 g/mol. The van der Waals surface area contributed by atoms with Crippen molar-refractivity contribution in [2.45, 2.75) is 33.1 Å². The van der Waals surface area contributed by atoms with Crippen molar-refractivity contribution < 1.29 is 8.78 Å². The van der Waals surface area contributed by atoms with E-state index in [1.807, 2.05) is 32.9 Å². The first-order valence-corrected chi connectivity index (χ1v) is 5.62. The first-order chi connectivity index (χ1) is 7.57. The molecule has 0 saturated carbocycles. The minimum absolute atomic E-state index is 0.0668. The molecule has 2 nitrogen and oxygen atoms in total. The maximum absolute atomic E-state index is 12.9. The van der Waals surface area contributed by atoms with Gasteiger partial charge in [0.1, 0.15) is 5.82 Å². The number of nitrogens with zero attached hydrogens (tertiary/aromatic N) is 2. The first kappa shape index (κ1) is 12.9. The number of pyridine rings is 1. The fourth-order valence-electron chi connectivity index (χ4n) is 1.62. The highest BCUT2D eigenvalue weighted by Gasteiger charge is 2.38. The smallest absolute Gasteiger partial charge is 0.266 e. The van der Waals surface area contributed by atoms with E-state index in [1.165, 1.54) is 0 Å². The van der Waals surface area contributed by atoms with Gasteiger partial charge in [-0.1, -0.05) is 13.8 Å². The largest absolute Gasteiger partial charge is 0.350 e. The van der Waals surface area contributed by atoms with Gasteiger partial charge in [-0.3, -0.25) is 0 Å². The Labute approximate surface area is 95.3 Å². The number of alkyl halides is 2. The number of hydrogen-bond donors (Lipinski definition) is 0. The maximum atomic E-state index is 12.9. The second-order valence-corrected chi connectivity index (χ2v) is 3.72. The monoisotopic (exact) mass is 228 g/mol. The molecule has 0 unspecified atom stereocenters. The van der Waals surface area contributed by atoms with Gasteiger partial charge in [-0.15, -0.1) is 0 Å². The van der Waals surface area contributed by atoms with Crippen LogP contribution in [0.3, 0.4) is 0 Å². The summed E-state index contributed by atoms with van der Waals surface area (Å²) in [7, 11) is 0. The van der Waals surface area contributed by atoms with Gasteiger partial charge < -0.3 is 4.90 Å². The fraction of sp³-hybridized carbons (Fsp3) is 0.583. The quantitative estimate of drug-likeness (QED) is 0.733. The van der Waals surface area contributed by atoms with Crippen molar-refractivity contribution in [3.8, 4) is 0 Å². The van der Waals surface area contributed by atoms with E-state index in [1.54, 1.807) is 11.1 Å². The molecule has 2 rings (SSSR count). The third kappa shape index (κ3) is 3.15. The molecule has 0 N–H and O–H groups in total. The van der Waals surface area contributed by atoms with Crippen molar-refractivity contribution in [3.05, 3.63) is 23.9 Å². The predicted molar refractivity (Wildman–Crippen MR) is 62.1 cm³/mol. The molecule has 0 atom stereocenters. The van der Waals surface area contributed by atoms with Gasteiger partial charge in [0.05, 0.1) is 6.54 Å². The average Bonchev–Trinajstić information content (AvgIpc) is 2.62. The lowest BCUT2D eigenvalue weighted by atomic mass is 10.3. The Hall–Kier alpha value is -1.19. The molecule has 0 radical (unpaired) electrons. The van der Waals surface area contributed by atoms with Crippen LogP contribution in [0.25, 0.3) is 0 Å². The summed E-state index contributed by atoms with van der Waals surface area (Å²) in [5, 5.41) is 0. The van der Waals surface area contributed by atoms with Crippen LogP contribution >= 0.6 is 0 Å². The Bertz CT molecular complexity index is 340. The van der Waals surface area contributed by atoms with Gasteiger partial charge in [0, 0.05) is 19.2 Å². The molecule has 16 heavy (non-hydrogen) atoms. The molecule has 1 saturated heterocycles. The van der Waals surface area contributed by atoms with Crippen LogP contribution in [0, 0.1) is 6.92 Å². The highest BCUT2D eigenvalue weighted by Crippen LogP contribution is 2.29. The summed E-state index contributed by atoms with van der Waals surface area (Å²) in [6.45, 7) is 6.12. The molecule has 1 aromatic heterocycles. The van der Waals surface area contributed by atoms with Gasteiger partial charge in [-0.05, 0) is 24.6 Å². The van der Waals surface area contributed by atoms with Crippen molar-refractivity contribution in [3.63, 3.8) is 0 Å². The number of aryl methyl sites for hydroxylation is 1. The number of aromatic nitrogens is 1. The third-order valence-corrected chi connectivity index (χ3v) is 2.39. The molecule has 4 heteroatoms. The molecule has 1 fully saturated rings. The van der Waals surface area contributed by atoms with Crippen LogP contribution in [0.2, 0.25) is 0 Å². The predicted octanol–water partition coefficient (Wildman–Crippen LogP) is 3.26. The van der Waals surface area contributed by atoms with E-state index in [0.717, 1.165) is 5.56 Å². The van der Waals surface area contributed by atoms with Crippen LogP contribution in [-0.4, -0.2) is 24.0 Å². The summed E-state index contributed by atoms with van der Waals surface area (Å²) >= 11 is 0. The van der Waals surface area contributed by atoms with Crippen molar-refractivity contribution in [1.82, 2.24) is 4.98 Å². The number of hydrogen-bond acceptors (Lipinski definition) is 2. The Balaban J connectivity index is 0.000000606. The molecule has 2 heterocycles. The standard InChI is InChI=1S/C10H12F2N2.C2H6/c1-8-2-4-13-9(6-8)14-5-3-10(11,12)7-14;1-2/h2,4,6H,3,5,7H2,1H3;1-2H3. The fourth-order valence-corrected chi connectivity index (χ4v) is 1.62. The van der Waals surface area contributed by atoms with E-state index in [2.05, 4.69) is 4.98 Å². The van der Waals surface area contributed by atoms with Crippen LogP contribution < -0.4 is 4.90 Å². The maximum Gasteiger partial charge on any atom is 0.266 e. The van der Waals surface area contributed by atoms with Gasteiger partial charge in [0.2, 0.25) is 0 Å². The molecule has 1 aliphatic rings. The van der Waals surface area contributed by atoms with Crippen LogP contribution in [-0.2, 0) is 0 Å². The van der Waals surface area contributed by atoms with Crippen molar-refractivity contribution in [2.24, 2.45) is 0 Å². The number of anilines is 1. The van der Waals surface area contributed by atoms with Crippen LogP contribution in [0.1, 0.15) is 25.8 Å². The summed E-state index contributed by atoms with van der Waals surface area (Å²) in [5.41, 5.74) is 1.05. The van der Waals surface area contributed by atoms with E-state index in [4.69, 9.17) is 0 Å². The molecular formula is C12H18F2N2. The van der Waals surface area contributed by atoms with Crippen LogP contribution in [0.5, 0.6) is 0 Å². The SMILES string of the molecule is CC.Cc1ccnc(N2CCC(F)(F)C2)c1. The van der Waals surface area contributed by atoms with Crippen molar-refractivity contribution in [1.29, 1.82) is 0 Å². The van der Waals surface area contributed by atoms with Gasteiger partial charge in [-0.2, -0.15) is 0 Å². The molecule has 1 aromatic rings. The lowest BCUT2D eigenvalue weighted by Gasteiger charge is -2.16.